The molecule has 0 aromatic rings. The molecular weight excluding hydrogens is 252 g/mol. The minimum absolute atomic E-state index is 0.00676. The second-order valence-corrected chi connectivity index (χ2v) is 7.97. The first-order chi connectivity index (χ1) is 9.29. The van der Waals surface area contributed by atoms with E-state index >= 15 is 0 Å². The maximum Gasteiger partial charge on any atom is 0.246 e. The van der Waals surface area contributed by atoms with Gasteiger partial charge in [-0.2, -0.15) is 0 Å². The zero-order valence-corrected chi connectivity index (χ0v) is 13.0. The summed E-state index contributed by atoms with van der Waals surface area (Å²) in [6.45, 7) is 7.93. The summed E-state index contributed by atoms with van der Waals surface area (Å²) in [5, 5.41) is 2.92. The van der Waals surface area contributed by atoms with E-state index in [0.29, 0.717) is 12.0 Å². The first kappa shape index (κ1) is 13.9. The van der Waals surface area contributed by atoms with Gasteiger partial charge in [0.15, 0.2) is 0 Å². The number of piperazine rings is 1. The van der Waals surface area contributed by atoms with Crippen molar-refractivity contribution in [2.45, 2.75) is 71.5 Å². The fourth-order valence-electron chi connectivity index (χ4n) is 4.38. The van der Waals surface area contributed by atoms with Crippen LogP contribution in [0.15, 0.2) is 0 Å². The Morgan fingerprint density at radius 2 is 1.85 bits per heavy atom. The second-order valence-electron chi connectivity index (χ2n) is 7.97. The van der Waals surface area contributed by atoms with E-state index in [1.807, 2.05) is 32.6 Å². The van der Waals surface area contributed by atoms with Crippen molar-refractivity contribution >= 4 is 11.8 Å². The highest BCUT2D eigenvalue weighted by Gasteiger charge is 2.51. The van der Waals surface area contributed by atoms with E-state index in [0.717, 1.165) is 12.3 Å². The van der Waals surface area contributed by atoms with Gasteiger partial charge in [0.25, 0.3) is 0 Å². The van der Waals surface area contributed by atoms with Crippen LogP contribution in [-0.2, 0) is 9.59 Å². The summed E-state index contributed by atoms with van der Waals surface area (Å²) in [6.07, 6.45) is 4.90. The Balaban J connectivity index is 1.87. The molecule has 1 N–H and O–H groups in total. The monoisotopic (exact) mass is 278 g/mol. The Hall–Kier alpha value is -1.06. The average molecular weight is 278 g/mol. The lowest BCUT2D eigenvalue weighted by atomic mass is 9.82. The lowest BCUT2D eigenvalue weighted by Gasteiger charge is -2.46. The Labute approximate surface area is 121 Å². The Kier molecular flexibility index (Phi) is 3.11. The van der Waals surface area contributed by atoms with Crippen LogP contribution in [0.1, 0.15) is 53.4 Å². The minimum atomic E-state index is -0.384. The van der Waals surface area contributed by atoms with Crippen molar-refractivity contribution in [2.75, 3.05) is 0 Å². The van der Waals surface area contributed by atoms with E-state index in [4.69, 9.17) is 0 Å². The van der Waals surface area contributed by atoms with E-state index in [9.17, 15) is 9.59 Å². The van der Waals surface area contributed by atoms with E-state index < -0.39 is 0 Å². The van der Waals surface area contributed by atoms with Crippen molar-refractivity contribution in [3.05, 3.63) is 0 Å². The molecule has 5 atom stereocenters. The third-order valence-corrected chi connectivity index (χ3v) is 5.51. The predicted molar refractivity (Wildman–Crippen MR) is 76.9 cm³/mol. The summed E-state index contributed by atoms with van der Waals surface area (Å²) in [6, 6.07) is -0.400. The van der Waals surface area contributed by atoms with E-state index in [1.54, 1.807) is 0 Å². The summed E-state index contributed by atoms with van der Waals surface area (Å²) in [7, 11) is 0. The van der Waals surface area contributed by atoms with Gasteiger partial charge in [-0.05, 0) is 43.4 Å². The molecule has 1 saturated heterocycles. The number of fused-ring (bicyclic) bond motifs is 2. The van der Waals surface area contributed by atoms with Crippen LogP contribution < -0.4 is 5.32 Å². The normalized spacial score (nSPS) is 41.2. The first-order valence-electron chi connectivity index (χ1n) is 7.91. The summed E-state index contributed by atoms with van der Waals surface area (Å²) in [5.74, 6) is 1.54. The van der Waals surface area contributed by atoms with Gasteiger partial charge in [-0.25, -0.2) is 0 Å². The third kappa shape index (κ3) is 2.04. The number of carbonyl (C=O) groups excluding carboxylic acids is 2. The average Bonchev–Trinajstić information content (AvgIpc) is 2.95. The second kappa shape index (κ2) is 4.47. The molecule has 4 nitrogen and oxygen atoms in total. The van der Waals surface area contributed by atoms with Crippen LogP contribution in [0.3, 0.4) is 0 Å². The number of nitrogens with one attached hydrogen (secondary N) is 1. The standard InChI is InChI=1S/C16H26N2O2/c1-9-14(19)17-13(16(2,3)4)15(20)18(9)12-8-10-5-6-11(12)7-10/h9-13H,5-8H2,1-4H3,(H,17,19). The quantitative estimate of drug-likeness (QED) is 0.797. The van der Waals surface area contributed by atoms with Crippen molar-refractivity contribution in [1.82, 2.24) is 10.2 Å². The summed E-state index contributed by atoms with van der Waals surface area (Å²) >= 11 is 0. The van der Waals surface area contributed by atoms with Gasteiger partial charge >= 0.3 is 0 Å². The van der Waals surface area contributed by atoms with E-state index in [2.05, 4.69) is 5.32 Å². The summed E-state index contributed by atoms with van der Waals surface area (Å²) < 4.78 is 0. The maximum absolute atomic E-state index is 12.9. The fraction of sp³-hybridized carbons (Fsp3) is 0.875. The number of amides is 2. The van der Waals surface area contributed by atoms with Crippen LogP contribution >= 0.6 is 0 Å². The van der Waals surface area contributed by atoms with Crippen LogP contribution in [0.2, 0.25) is 0 Å². The predicted octanol–water partition coefficient (Wildman–Crippen LogP) is 1.94. The third-order valence-electron chi connectivity index (χ3n) is 5.51. The molecule has 5 unspecified atom stereocenters. The Morgan fingerprint density at radius 1 is 1.15 bits per heavy atom. The number of hydrogen-bond acceptors (Lipinski definition) is 2. The van der Waals surface area contributed by atoms with Crippen LogP contribution in [0.5, 0.6) is 0 Å². The van der Waals surface area contributed by atoms with Gasteiger partial charge < -0.3 is 10.2 Å². The molecule has 2 bridgehead atoms. The van der Waals surface area contributed by atoms with E-state index in [-0.39, 0.29) is 29.3 Å². The van der Waals surface area contributed by atoms with Crippen molar-refractivity contribution in [3.63, 3.8) is 0 Å². The molecule has 3 aliphatic rings. The maximum atomic E-state index is 12.9. The molecule has 0 aromatic heterocycles. The van der Waals surface area contributed by atoms with Gasteiger partial charge in [-0.1, -0.05) is 27.2 Å². The van der Waals surface area contributed by atoms with Gasteiger partial charge in [0.05, 0.1) is 0 Å². The molecule has 20 heavy (non-hydrogen) atoms. The van der Waals surface area contributed by atoms with Gasteiger partial charge in [0.2, 0.25) is 11.8 Å². The van der Waals surface area contributed by atoms with Crippen LogP contribution in [0.4, 0.5) is 0 Å². The summed E-state index contributed by atoms with van der Waals surface area (Å²) in [4.78, 5) is 27.1. The lowest BCUT2D eigenvalue weighted by molar-refractivity contribution is -0.155. The van der Waals surface area contributed by atoms with Crippen molar-refractivity contribution < 1.29 is 9.59 Å². The zero-order chi connectivity index (χ0) is 14.7. The molecule has 112 valence electrons. The van der Waals surface area contributed by atoms with Gasteiger partial charge in [0.1, 0.15) is 12.1 Å². The molecule has 0 radical (unpaired) electrons. The molecule has 3 fully saturated rings. The minimum Gasteiger partial charge on any atom is -0.342 e. The van der Waals surface area contributed by atoms with Gasteiger partial charge in [-0.15, -0.1) is 0 Å². The van der Waals surface area contributed by atoms with Crippen molar-refractivity contribution in [2.24, 2.45) is 17.3 Å². The molecule has 1 aliphatic heterocycles. The smallest absolute Gasteiger partial charge is 0.246 e. The molecule has 1 heterocycles. The molecule has 3 rings (SSSR count). The zero-order valence-electron chi connectivity index (χ0n) is 13.0. The van der Waals surface area contributed by atoms with Gasteiger partial charge in [-0.3, -0.25) is 9.59 Å². The molecule has 0 spiro atoms. The molecule has 4 heteroatoms. The summed E-state index contributed by atoms with van der Waals surface area (Å²) in [5.41, 5.74) is -0.233. The van der Waals surface area contributed by atoms with Gasteiger partial charge in [0, 0.05) is 6.04 Å². The van der Waals surface area contributed by atoms with Crippen LogP contribution in [0, 0.1) is 17.3 Å². The number of rotatable bonds is 1. The highest BCUT2D eigenvalue weighted by molar-refractivity contribution is 5.97. The van der Waals surface area contributed by atoms with Crippen LogP contribution in [-0.4, -0.2) is 34.8 Å². The molecular formula is C16H26N2O2. The first-order valence-corrected chi connectivity index (χ1v) is 7.91. The largest absolute Gasteiger partial charge is 0.342 e. The molecule has 2 amide bonds. The SMILES string of the molecule is CC1C(=O)NC(C(C)(C)C)C(=O)N1C1CC2CCC1C2. The van der Waals surface area contributed by atoms with Crippen molar-refractivity contribution in [3.8, 4) is 0 Å². The lowest BCUT2D eigenvalue weighted by Crippen LogP contribution is -2.68. The number of hydrogen-bond donors (Lipinski definition) is 1. The number of carbonyl (C=O) groups is 2. The number of nitrogens with zero attached hydrogens (tertiary/aromatic N) is 1. The molecule has 0 aromatic carbocycles. The topological polar surface area (TPSA) is 49.4 Å². The van der Waals surface area contributed by atoms with Crippen molar-refractivity contribution in [1.29, 1.82) is 0 Å². The Morgan fingerprint density at radius 3 is 2.35 bits per heavy atom. The Bertz CT molecular complexity index is 440. The van der Waals surface area contributed by atoms with Crippen LogP contribution in [0.25, 0.3) is 0 Å². The van der Waals surface area contributed by atoms with E-state index in [1.165, 1.54) is 19.3 Å². The highest BCUT2D eigenvalue weighted by atomic mass is 16.2. The molecule has 2 saturated carbocycles. The fourth-order valence-corrected chi connectivity index (χ4v) is 4.38. The highest BCUT2D eigenvalue weighted by Crippen LogP contribution is 2.47. The molecule has 2 aliphatic carbocycles.